The molecule has 1 saturated heterocycles. The molecule has 0 aromatic heterocycles. The molecule has 1 atom stereocenters. The molecule has 0 radical (unpaired) electrons. The number of likely N-dealkylation sites (tertiary alicyclic amines) is 1. The number of amides is 3. The van der Waals surface area contributed by atoms with Gasteiger partial charge in [0.15, 0.2) is 0 Å². The molecule has 158 valence electrons. The Kier molecular flexibility index (Phi) is 7.29. The lowest BCUT2D eigenvalue weighted by Gasteiger charge is -2.32. The summed E-state index contributed by atoms with van der Waals surface area (Å²) in [4.78, 5) is 41.0. The maximum Gasteiger partial charge on any atom is 0.253 e. The quantitative estimate of drug-likeness (QED) is 0.821. The summed E-state index contributed by atoms with van der Waals surface area (Å²) in [5.41, 5.74) is 1.33. The highest BCUT2D eigenvalue weighted by Crippen LogP contribution is 2.24. The van der Waals surface area contributed by atoms with E-state index in [0.717, 1.165) is 32.2 Å². The maximum absolute atomic E-state index is 12.8. The molecule has 6 heteroatoms. The number of hydrogen-bond acceptors (Lipinski definition) is 3. The molecule has 1 aromatic carbocycles. The van der Waals surface area contributed by atoms with Gasteiger partial charge in [-0.15, -0.1) is 0 Å². The number of carbonyl (C=O) groups is 3. The van der Waals surface area contributed by atoms with E-state index < -0.39 is 0 Å². The van der Waals surface area contributed by atoms with E-state index >= 15 is 0 Å². The van der Waals surface area contributed by atoms with Gasteiger partial charge in [0, 0.05) is 43.9 Å². The fourth-order valence-electron chi connectivity index (χ4n) is 4.42. The molecule has 1 saturated carbocycles. The smallest absolute Gasteiger partial charge is 0.253 e. The molecular formula is C23H33N3O3. The van der Waals surface area contributed by atoms with Gasteiger partial charge in [0.05, 0.1) is 5.92 Å². The van der Waals surface area contributed by atoms with Gasteiger partial charge < -0.3 is 15.1 Å². The van der Waals surface area contributed by atoms with Gasteiger partial charge in [0.25, 0.3) is 5.91 Å². The third kappa shape index (κ3) is 5.37. The lowest BCUT2D eigenvalue weighted by Crippen LogP contribution is -2.43. The SMILES string of the molecule is CCC(=O)N1CCCC(C(=O)Nc2ccc(C(=O)N(C)C3CCCCC3)cc2)C1. The van der Waals surface area contributed by atoms with Crippen molar-refractivity contribution in [2.45, 2.75) is 64.3 Å². The number of anilines is 1. The lowest BCUT2D eigenvalue weighted by molar-refractivity contribution is -0.134. The molecule has 29 heavy (non-hydrogen) atoms. The average molecular weight is 400 g/mol. The van der Waals surface area contributed by atoms with Gasteiger partial charge >= 0.3 is 0 Å². The summed E-state index contributed by atoms with van der Waals surface area (Å²) in [6.45, 7) is 3.07. The van der Waals surface area contributed by atoms with E-state index in [1.165, 1.54) is 19.3 Å². The lowest BCUT2D eigenvalue weighted by atomic mass is 9.94. The van der Waals surface area contributed by atoms with Gasteiger partial charge in [-0.2, -0.15) is 0 Å². The van der Waals surface area contributed by atoms with E-state index in [-0.39, 0.29) is 23.6 Å². The minimum absolute atomic E-state index is 0.0378. The van der Waals surface area contributed by atoms with E-state index in [4.69, 9.17) is 0 Å². The summed E-state index contributed by atoms with van der Waals surface area (Å²) in [5.74, 6) is -0.0989. The van der Waals surface area contributed by atoms with Crippen LogP contribution < -0.4 is 5.32 Å². The van der Waals surface area contributed by atoms with Crippen LogP contribution >= 0.6 is 0 Å². The second kappa shape index (κ2) is 9.90. The number of carbonyl (C=O) groups excluding carboxylic acids is 3. The van der Waals surface area contributed by atoms with Gasteiger partial charge in [-0.25, -0.2) is 0 Å². The average Bonchev–Trinajstić information content (AvgIpc) is 2.78. The molecule has 2 fully saturated rings. The van der Waals surface area contributed by atoms with Crippen LogP contribution in [0.1, 0.15) is 68.6 Å². The van der Waals surface area contributed by atoms with Crippen molar-refractivity contribution >= 4 is 23.4 Å². The van der Waals surface area contributed by atoms with Crippen molar-refractivity contribution in [1.82, 2.24) is 9.80 Å². The summed E-state index contributed by atoms with van der Waals surface area (Å²) < 4.78 is 0. The van der Waals surface area contributed by atoms with Crippen molar-refractivity contribution in [3.63, 3.8) is 0 Å². The van der Waals surface area contributed by atoms with Crippen molar-refractivity contribution in [2.24, 2.45) is 5.92 Å². The molecule has 6 nitrogen and oxygen atoms in total. The third-order valence-electron chi connectivity index (χ3n) is 6.29. The fraction of sp³-hybridized carbons (Fsp3) is 0.609. The summed E-state index contributed by atoms with van der Waals surface area (Å²) in [6, 6.07) is 7.47. The van der Waals surface area contributed by atoms with Crippen molar-refractivity contribution in [3.8, 4) is 0 Å². The van der Waals surface area contributed by atoms with Crippen LogP contribution in [0.25, 0.3) is 0 Å². The first-order chi connectivity index (χ1) is 14.0. The predicted molar refractivity (Wildman–Crippen MR) is 114 cm³/mol. The highest BCUT2D eigenvalue weighted by atomic mass is 16.2. The molecule has 1 aliphatic carbocycles. The summed E-state index contributed by atoms with van der Waals surface area (Å²) in [7, 11) is 1.89. The van der Waals surface area contributed by atoms with E-state index in [1.807, 2.05) is 18.9 Å². The zero-order chi connectivity index (χ0) is 20.8. The van der Waals surface area contributed by atoms with Crippen molar-refractivity contribution in [2.75, 3.05) is 25.5 Å². The second-order valence-electron chi connectivity index (χ2n) is 8.31. The Balaban J connectivity index is 1.56. The monoisotopic (exact) mass is 399 g/mol. The predicted octanol–water partition coefficient (Wildman–Crippen LogP) is 3.68. The summed E-state index contributed by atoms with van der Waals surface area (Å²) in [6.07, 6.45) is 7.92. The van der Waals surface area contributed by atoms with Crippen molar-refractivity contribution in [1.29, 1.82) is 0 Å². The zero-order valence-corrected chi connectivity index (χ0v) is 17.7. The summed E-state index contributed by atoms with van der Waals surface area (Å²) >= 11 is 0. The Morgan fingerprint density at radius 1 is 1.03 bits per heavy atom. The van der Waals surface area contributed by atoms with Crippen LogP contribution in [0, 0.1) is 5.92 Å². The molecule has 3 rings (SSSR count). The Hall–Kier alpha value is -2.37. The first kappa shape index (κ1) is 21.3. The highest BCUT2D eigenvalue weighted by molar-refractivity contribution is 5.96. The zero-order valence-electron chi connectivity index (χ0n) is 17.7. The molecule has 1 heterocycles. The van der Waals surface area contributed by atoms with Crippen molar-refractivity contribution < 1.29 is 14.4 Å². The molecule has 0 spiro atoms. The molecule has 1 aromatic rings. The number of rotatable bonds is 5. The third-order valence-corrected chi connectivity index (χ3v) is 6.29. The Bertz CT molecular complexity index is 725. The molecule has 1 aliphatic heterocycles. The normalized spacial score (nSPS) is 20.2. The van der Waals surface area contributed by atoms with Crippen LogP contribution in [0.3, 0.4) is 0 Å². The number of nitrogens with one attached hydrogen (secondary N) is 1. The standard InChI is InChI=1S/C23H33N3O3/c1-3-21(27)26-15-7-8-18(16-26)22(28)24-19-13-11-17(12-14-19)23(29)25(2)20-9-5-4-6-10-20/h11-14,18,20H,3-10,15-16H2,1-2H3,(H,24,28). The first-order valence-electron chi connectivity index (χ1n) is 11.0. The highest BCUT2D eigenvalue weighted by Gasteiger charge is 2.28. The maximum atomic E-state index is 12.8. The van der Waals surface area contributed by atoms with Crippen LogP contribution in [0.5, 0.6) is 0 Å². The molecule has 2 aliphatic rings. The molecule has 1 unspecified atom stereocenters. The van der Waals surface area contributed by atoms with E-state index in [0.29, 0.717) is 30.3 Å². The van der Waals surface area contributed by atoms with E-state index in [1.54, 1.807) is 29.2 Å². The Morgan fingerprint density at radius 3 is 2.38 bits per heavy atom. The van der Waals surface area contributed by atoms with Gasteiger partial charge in [-0.05, 0) is 49.9 Å². The van der Waals surface area contributed by atoms with Crippen LogP contribution in [-0.4, -0.2) is 53.7 Å². The number of benzene rings is 1. The van der Waals surface area contributed by atoms with Gasteiger partial charge in [0.1, 0.15) is 0 Å². The largest absolute Gasteiger partial charge is 0.342 e. The van der Waals surface area contributed by atoms with Gasteiger partial charge in [0.2, 0.25) is 11.8 Å². The van der Waals surface area contributed by atoms with Crippen molar-refractivity contribution in [3.05, 3.63) is 29.8 Å². The molecule has 0 bridgehead atoms. The topological polar surface area (TPSA) is 69.7 Å². The minimum Gasteiger partial charge on any atom is -0.342 e. The number of nitrogens with zero attached hydrogens (tertiary/aromatic N) is 2. The van der Waals surface area contributed by atoms with Crippen LogP contribution in [-0.2, 0) is 9.59 Å². The van der Waals surface area contributed by atoms with Crippen LogP contribution in [0.15, 0.2) is 24.3 Å². The van der Waals surface area contributed by atoms with E-state index in [9.17, 15) is 14.4 Å². The van der Waals surface area contributed by atoms with Gasteiger partial charge in [-0.1, -0.05) is 26.2 Å². The molecule has 1 N–H and O–H groups in total. The Labute approximate surface area is 173 Å². The molecular weight excluding hydrogens is 366 g/mol. The second-order valence-corrected chi connectivity index (χ2v) is 8.31. The Morgan fingerprint density at radius 2 is 1.72 bits per heavy atom. The minimum atomic E-state index is -0.182. The first-order valence-corrected chi connectivity index (χ1v) is 11.0. The van der Waals surface area contributed by atoms with Crippen LogP contribution in [0.4, 0.5) is 5.69 Å². The fourth-order valence-corrected chi connectivity index (χ4v) is 4.42. The molecule has 3 amide bonds. The number of piperidine rings is 1. The van der Waals surface area contributed by atoms with E-state index in [2.05, 4.69) is 5.32 Å². The van der Waals surface area contributed by atoms with Gasteiger partial charge in [-0.3, -0.25) is 14.4 Å². The van der Waals surface area contributed by atoms with Crippen LogP contribution in [0.2, 0.25) is 0 Å². The number of hydrogen-bond donors (Lipinski definition) is 1. The summed E-state index contributed by atoms with van der Waals surface area (Å²) in [5, 5.41) is 2.95.